The molecule has 5 nitrogen and oxygen atoms in total. The van der Waals surface area contributed by atoms with Crippen molar-refractivity contribution in [3.8, 4) is 5.75 Å². The number of hydrogen-bond acceptors (Lipinski definition) is 4. The highest BCUT2D eigenvalue weighted by atomic mass is 35.5. The second kappa shape index (κ2) is 8.81. The summed E-state index contributed by atoms with van der Waals surface area (Å²) in [5.41, 5.74) is -1.25. The van der Waals surface area contributed by atoms with Crippen molar-refractivity contribution in [3.63, 3.8) is 0 Å². The highest BCUT2D eigenvalue weighted by Crippen LogP contribution is 2.35. The van der Waals surface area contributed by atoms with Gasteiger partial charge in [-0.05, 0) is 56.1 Å². The molecule has 2 N–H and O–H groups in total. The third-order valence-electron chi connectivity index (χ3n) is 4.56. The number of hydrogen-bond donors (Lipinski definition) is 2. The molecule has 10 heteroatoms. The first-order chi connectivity index (χ1) is 13.6. The maximum Gasteiger partial charge on any atom is 0.416 e. The van der Waals surface area contributed by atoms with E-state index in [0.717, 1.165) is 38.1 Å². The normalized spacial score (nSPS) is 15.9. The van der Waals surface area contributed by atoms with E-state index in [0.29, 0.717) is 0 Å². The average Bonchev–Trinajstić information content (AvgIpc) is 2.66. The lowest BCUT2D eigenvalue weighted by Gasteiger charge is -2.23. The average molecular weight is 449 g/mol. The molecule has 0 aromatic heterocycles. The monoisotopic (exact) mass is 448 g/mol. The molecular weight excluding hydrogens is 429 g/mol. The van der Waals surface area contributed by atoms with Crippen molar-refractivity contribution in [2.75, 3.05) is 24.4 Å². The Morgan fingerprint density at radius 1 is 1.14 bits per heavy atom. The van der Waals surface area contributed by atoms with Crippen molar-refractivity contribution in [2.45, 2.75) is 23.9 Å². The smallest absolute Gasteiger partial charge is 0.416 e. The molecule has 1 fully saturated rings. The number of alkyl halides is 3. The van der Waals surface area contributed by atoms with Crippen LogP contribution in [-0.2, 0) is 16.2 Å². The first kappa shape index (κ1) is 21.7. The molecule has 0 aliphatic carbocycles. The van der Waals surface area contributed by atoms with E-state index < -0.39 is 21.8 Å². The van der Waals surface area contributed by atoms with Gasteiger partial charge < -0.3 is 10.1 Å². The number of nitrogens with one attached hydrogen (secondary N) is 2. The van der Waals surface area contributed by atoms with Crippen LogP contribution in [0.4, 0.5) is 18.9 Å². The minimum absolute atomic E-state index is 0.0330. The van der Waals surface area contributed by atoms with Crippen molar-refractivity contribution in [3.05, 3.63) is 53.1 Å². The molecule has 1 heterocycles. The molecular formula is C19H20ClF3N2O3S. The molecule has 1 saturated heterocycles. The zero-order valence-electron chi connectivity index (χ0n) is 15.3. The van der Waals surface area contributed by atoms with Gasteiger partial charge in [0, 0.05) is 6.07 Å². The van der Waals surface area contributed by atoms with Gasteiger partial charge in [-0.3, -0.25) is 4.72 Å². The summed E-state index contributed by atoms with van der Waals surface area (Å²) < 4.78 is 72.8. The highest BCUT2D eigenvalue weighted by molar-refractivity contribution is 7.92. The molecule has 0 amide bonds. The van der Waals surface area contributed by atoms with Crippen LogP contribution in [0.3, 0.4) is 0 Å². The number of halogens is 4. The van der Waals surface area contributed by atoms with Gasteiger partial charge in [-0.1, -0.05) is 23.7 Å². The lowest BCUT2D eigenvalue weighted by Crippen LogP contribution is -2.30. The highest BCUT2D eigenvalue weighted by Gasteiger charge is 2.32. The summed E-state index contributed by atoms with van der Waals surface area (Å²) in [7, 11) is -4.17. The van der Waals surface area contributed by atoms with Gasteiger partial charge in [-0.25, -0.2) is 8.42 Å². The molecule has 1 aliphatic rings. The van der Waals surface area contributed by atoms with E-state index in [1.54, 1.807) is 6.07 Å². The molecule has 158 valence electrons. The fourth-order valence-corrected chi connectivity index (χ4v) is 4.60. The topological polar surface area (TPSA) is 67.4 Å². The minimum atomic E-state index is -4.65. The fraction of sp³-hybridized carbons (Fsp3) is 0.368. The molecule has 2 aromatic rings. The Bertz CT molecular complexity index is 961. The number of anilines is 1. The van der Waals surface area contributed by atoms with E-state index in [1.165, 1.54) is 24.3 Å². The van der Waals surface area contributed by atoms with Gasteiger partial charge >= 0.3 is 6.18 Å². The van der Waals surface area contributed by atoms with Crippen LogP contribution in [0.25, 0.3) is 0 Å². The summed E-state index contributed by atoms with van der Waals surface area (Å²) >= 11 is 5.92. The Hall–Kier alpha value is -1.97. The van der Waals surface area contributed by atoms with Crippen LogP contribution < -0.4 is 14.8 Å². The molecule has 0 atom stereocenters. The van der Waals surface area contributed by atoms with Crippen molar-refractivity contribution in [1.82, 2.24) is 5.32 Å². The van der Waals surface area contributed by atoms with Crippen LogP contribution in [0.15, 0.2) is 47.4 Å². The largest absolute Gasteiger partial charge is 0.493 e. The predicted octanol–water partition coefficient (Wildman–Crippen LogP) is 4.54. The Morgan fingerprint density at radius 2 is 1.83 bits per heavy atom. The number of ether oxygens (including phenoxy) is 1. The molecule has 0 bridgehead atoms. The number of rotatable bonds is 6. The fourth-order valence-electron chi connectivity index (χ4n) is 3.04. The Balaban J connectivity index is 1.86. The van der Waals surface area contributed by atoms with E-state index in [-0.39, 0.29) is 33.9 Å². The number of sulfonamides is 1. The van der Waals surface area contributed by atoms with Crippen molar-refractivity contribution >= 4 is 27.3 Å². The van der Waals surface area contributed by atoms with Crippen LogP contribution in [0.1, 0.15) is 18.4 Å². The van der Waals surface area contributed by atoms with Gasteiger partial charge in [0.15, 0.2) is 0 Å². The predicted molar refractivity (Wildman–Crippen MR) is 105 cm³/mol. The molecule has 0 saturated carbocycles. The Kier molecular flexibility index (Phi) is 6.60. The summed E-state index contributed by atoms with van der Waals surface area (Å²) in [6, 6.07) is 8.52. The van der Waals surface area contributed by atoms with Crippen LogP contribution in [-0.4, -0.2) is 28.1 Å². The summed E-state index contributed by atoms with van der Waals surface area (Å²) in [4.78, 5) is -0.226. The Labute approximate surface area is 172 Å². The molecule has 0 unspecified atom stereocenters. The van der Waals surface area contributed by atoms with Crippen LogP contribution in [0.2, 0.25) is 5.02 Å². The quantitative estimate of drug-likeness (QED) is 0.681. The maximum absolute atomic E-state index is 13.3. The van der Waals surface area contributed by atoms with E-state index in [1.807, 2.05) is 0 Å². The van der Waals surface area contributed by atoms with Crippen molar-refractivity contribution < 1.29 is 26.3 Å². The van der Waals surface area contributed by atoms with Crippen LogP contribution in [0, 0.1) is 5.92 Å². The maximum atomic E-state index is 13.3. The summed E-state index contributed by atoms with van der Waals surface area (Å²) in [6.07, 6.45) is -2.92. The van der Waals surface area contributed by atoms with Gasteiger partial charge in [-0.2, -0.15) is 13.2 Å². The molecule has 0 radical (unpaired) electrons. The van der Waals surface area contributed by atoms with E-state index in [2.05, 4.69) is 10.0 Å². The van der Waals surface area contributed by atoms with Crippen molar-refractivity contribution in [2.24, 2.45) is 5.92 Å². The van der Waals surface area contributed by atoms with Gasteiger partial charge in [0.2, 0.25) is 0 Å². The Morgan fingerprint density at radius 3 is 2.48 bits per heavy atom. The van der Waals surface area contributed by atoms with Gasteiger partial charge in [0.05, 0.1) is 22.9 Å². The second-order valence-corrected chi connectivity index (χ2v) is 8.84. The standard InChI is InChI=1S/C19H20ClF3N2O3S/c20-17-3-1-2-4-18(17)29(26,27)25-15-9-14(19(21,22)23)10-16(11-15)28-12-13-5-7-24-8-6-13/h1-4,9-11,13,24-25H,5-8,12H2. The first-order valence-corrected chi connectivity index (χ1v) is 10.8. The first-order valence-electron chi connectivity index (χ1n) is 8.98. The molecule has 0 spiro atoms. The number of piperidine rings is 1. The summed E-state index contributed by atoms with van der Waals surface area (Å²) in [6.45, 7) is 1.93. The molecule has 29 heavy (non-hydrogen) atoms. The molecule has 1 aliphatic heterocycles. The molecule has 3 rings (SSSR count). The summed E-state index contributed by atoms with van der Waals surface area (Å²) in [5.74, 6) is 0.185. The lowest BCUT2D eigenvalue weighted by molar-refractivity contribution is -0.137. The zero-order chi connectivity index (χ0) is 21.1. The molecule has 2 aromatic carbocycles. The van der Waals surface area contributed by atoms with E-state index in [4.69, 9.17) is 16.3 Å². The van der Waals surface area contributed by atoms with E-state index in [9.17, 15) is 21.6 Å². The van der Waals surface area contributed by atoms with Gasteiger partial charge in [0.1, 0.15) is 10.6 Å². The SMILES string of the molecule is O=S(=O)(Nc1cc(OCC2CCNCC2)cc(C(F)(F)F)c1)c1ccccc1Cl. The van der Waals surface area contributed by atoms with Crippen LogP contribution >= 0.6 is 11.6 Å². The summed E-state index contributed by atoms with van der Waals surface area (Å²) in [5, 5.41) is 3.17. The van der Waals surface area contributed by atoms with Gasteiger partial charge in [-0.15, -0.1) is 0 Å². The van der Waals surface area contributed by atoms with E-state index >= 15 is 0 Å². The van der Waals surface area contributed by atoms with Crippen molar-refractivity contribution in [1.29, 1.82) is 0 Å². The third kappa shape index (κ3) is 5.77. The van der Waals surface area contributed by atoms with Crippen LogP contribution in [0.5, 0.6) is 5.75 Å². The zero-order valence-corrected chi connectivity index (χ0v) is 16.9. The van der Waals surface area contributed by atoms with Gasteiger partial charge in [0.25, 0.3) is 10.0 Å². The minimum Gasteiger partial charge on any atom is -0.493 e. The third-order valence-corrected chi connectivity index (χ3v) is 6.44. The lowest BCUT2D eigenvalue weighted by atomic mass is 9.99. The number of benzene rings is 2. The second-order valence-electron chi connectivity index (χ2n) is 6.78.